The molecular formula is C17H18F3N2O7P. The fourth-order valence-corrected chi connectivity index (χ4v) is 4.68. The van der Waals surface area contributed by atoms with Gasteiger partial charge in [-0.2, -0.15) is 0 Å². The molecule has 3 heterocycles. The van der Waals surface area contributed by atoms with Gasteiger partial charge in [-0.3, -0.25) is 18.5 Å². The van der Waals surface area contributed by atoms with Gasteiger partial charge in [0.05, 0.1) is 13.2 Å². The van der Waals surface area contributed by atoms with Crippen LogP contribution in [-0.4, -0.2) is 53.9 Å². The Kier molecular flexibility index (Phi) is 5.88. The number of nitrogens with zero attached hydrogens (tertiary/aromatic N) is 1. The van der Waals surface area contributed by atoms with Gasteiger partial charge >= 0.3 is 13.9 Å². The van der Waals surface area contributed by atoms with Crippen LogP contribution in [0.25, 0.3) is 0 Å². The van der Waals surface area contributed by atoms with Crippen LogP contribution >= 0.6 is 7.82 Å². The van der Waals surface area contributed by atoms with Crippen molar-refractivity contribution in [2.75, 3.05) is 13.2 Å². The minimum absolute atomic E-state index is 0.0103. The van der Waals surface area contributed by atoms with Crippen molar-refractivity contribution in [1.82, 2.24) is 10.2 Å². The molecule has 13 heteroatoms. The molecule has 164 valence electrons. The van der Waals surface area contributed by atoms with E-state index in [2.05, 4.69) is 0 Å². The molecule has 2 amide bonds. The maximum Gasteiger partial charge on any atom is 0.475 e. The minimum atomic E-state index is -3.97. The number of phosphoric ester groups is 1. The maximum atomic E-state index is 13.7. The van der Waals surface area contributed by atoms with Crippen LogP contribution in [0, 0.1) is 11.6 Å². The second kappa shape index (κ2) is 8.29. The van der Waals surface area contributed by atoms with Crippen LogP contribution in [0.5, 0.6) is 0 Å². The number of ether oxygens (including phenoxy) is 1. The van der Waals surface area contributed by atoms with Gasteiger partial charge in [-0.25, -0.2) is 22.5 Å². The second-order valence-electron chi connectivity index (χ2n) is 6.84. The molecule has 1 aromatic rings. The number of aliphatic hydroxyl groups excluding tert-OH is 1. The van der Waals surface area contributed by atoms with Crippen LogP contribution in [0.2, 0.25) is 0 Å². The zero-order valence-electron chi connectivity index (χ0n) is 15.4. The smallest absolute Gasteiger partial charge is 0.367 e. The van der Waals surface area contributed by atoms with Gasteiger partial charge in [-0.05, 0) is 18.1 Å². The van der Waals surface area contributed by atoms with E-state index in [1.54, 1.807) is 0 Å². The fraction of sp³-hybridized carbons (Fsp3) is 0.471. The van der Waals surface area contributed by atoms with Crippen LogP contribution < -0.4 is 5.32 Å². The Morgan fingerprint density at radius 1 is 1.30 bits per heavy atom. The first-order valence-electron chi connectivity index (χ1n) is 9.05. The van der Waals surface area contributed by atoms with Gasteiger partial charge in [0.1, 0.15) is 30.1 Å². The topological polar surface area (TPSA) is 107 Å². The van der Waals surface area contributed by atoms with Crippen LogP contribution in [0.4, 0.5) is 18.0 Å². The molecule has 0 aromatic heterocycles. The number of aliphatic hydroxyl groups is 1. The first-order valence-corrected chi connectivity index (χ1v) is 10.5. The van der Waals surface area contributed by atoms with Gasteiger partial charge in [0, 0.05) is 18.7 Å². The summed E-state index contributed by atoms with van der Waals surface area (Å²) in [4.78, 5) is 12.9. The lowest BCUT2D eigenvalue weighted by Gasteiger charge is -2.30. The van der Waals surface area contributed by atoms with E-state index in [9.17, 15) is 27.6 Å². The molecule has 9 nitrogen and oxygen atoms in total. The average Bonchev–Trinajstić information content (AvgIpc) is 3.09. The van der Waals surface area contributed by atoms with Crippen LogP contribution in [0.15, 0.2) is 30.2 Å². The summed E-state index contributed by atoms with van der Waals surface area (Å²) in [6.07, 6.45) is -3.20. The summed E-state index contributed by atoms with van der Waals surface area (Å²) >= 11 is 0. The number of urea groups is 1. The highest BCUT2D eigenvalue weighted by molar-refractivity contribution is 7.48. The molecule has 5 atom stereocenters. The third-order valence-corrected chi connectivity index (χ3v) is 6.30. The van der Waals surface area contributed by atoms with Crippen molar-refractivity contribution >= 4 is 13.9 Å². The van der Waals surface area contributed by atoms with Crippen molar-refractivity contribution in [1.29, 1.82) is 0 Å². The summed E-state index contributed by atoms with van der Waals surface area (Å²) in [5.41, 5.74) is 0.175. The number of hydrogen-bond acceptors (Lipinski definition) is 7. The van der Waals surface area contributed by atoms with Gasteiger partial charge in [-0.15, -0.1) is 0 Å². The molecule has 2 saturated heterocycles. The number of phosphoric acid groups is 1. The maximum absolute atomic E-state index is 13.7. The molecule has 1 aromatic carbocycles. The molecule has 0 aliphatic carbocycles. The van der Waals surface area contributed by atoms with Crippen LogP contribution in [0.1, 0.15) is 12.0 Å². The number of benzene rings is 1. The molecule has 2 fully saturated rings. The Bertz CT molecular complexity index is 917. The summed E-state index contributed by atoms with van der Waals surface area (Å²) in [5.74, 6) is -2.43. The Morgan fingerprint density at radius 2 is 2.10 bits per heavy atom. The number of nitrogens with one attached hydrogen (secondary N) is 1. The minimum Gasteiger partial charge on any atom is -0.367 e. The monoisotopic (exact) mass is 450 g/mol. The lowest BCUT2D eigenvalue weighted by atomic mass is 10.1. The summed E-state index contributed by atoms with van der Waals surface area (Å²) < 4.78 is 74.3. The van der Waals surface area contributed by atoms with E-state index in [4.69, 9.17) is 18.3 Å². The highest BCUT2D eigenvalue weighted by Gasteiger charge is 2.49. The van der Waals surface area contributed by atoms with E-state index in [-0.39, 0.29) is 31.6 Å². The molecule has 3 aliphatic heterocycles. The highest BCUT2D eigenvalue weighted by atomic mass is 31.2. The lowest BCUT2D eigenvalue weighted by molar-refractivity contribution is -0.0782. The molecule has 3 aliphatic rings. The molecule has 2 N–H and O–H groups in total. The van der Waals surface area contributed by atoms with Gasteiger partial charge in [-0.1, -0.05) is 6.07 Å². The van der Waals surface area contributed by atoms with Crippen molar-refractivity contribution in [3.8, 4) is 0 Å². The van der Waals surface area contributed by atoms with Gasteiger partial charge in [0.15, 0.2) is 12.1 Å². The molecule has 2 unspecified atom stereocenters. The van der Waals surface area contributed by atoms with E-state index in [1.165, 1.54) is 6.07 Å². The number of hydrogen-bond donors (Lipinski definition) is 2. The first kappa shape index (κ1) is 21.3. The zero-order chi connectivity index (χ0) is 21.5. The molecule has 0 saturated carbocycles. The first-order chi connectivity index (χ1) is 14.2. The normalized spacial score (nSPS) is 33.8. The van der Waals surface area contributed by atoms with Gasteiger partial charge in [0.2, 0.25) is 0 Å². The van der Waals surface area contributed by atoms with Gasteiger partial charge in [0.25, 0.3) is 0 Å². The van der Waals surface area contributed by atoms with Crippen molar-refractivity contribution in [3.05, 3.63) is 47.4 Å². The molecule has 0 radical (unpaired) electrons. The van der Waals surface area contributed by atoms with Crippen LogP contribution in [-0.2, 0) is 29.3 Å². The van der Waals surface area contributed by atoms with Gasteiger partial charge < -0.3 is 15.2 Å². The quantitative estimate of drug-likeness (QED) is 0.664. The van der Waals surface area contributed by atoms with E-state index < -0.39 is 56.0 Å². The largest absolute Gasteiger partial charge is 0.475 e. The molecular weight excluding hydrogens is 432 g/mol. The third-order valence-electron chi connectivity index (χ3n) is 4.81. The van der Waals surface area contributed by atoms with Crippen molar-refractivity contribution in [3.63, 3.8) is 0 Å². The van der Waals surface area contributed by atoms with Crippen molar-refractivity contribution in [2.45, 2.75) is 37.5 Å². The van der Waals surface area contributed by atoms with E-state index >= 15 is 0 Å². The average molecular weight is 450 g/mol. The molecule has 30 heavy (non-hydrogen) atoms. The number of amides is 2. The summed E-state index contributed by atoms with van der Waals surface area (Å²) in [7, 11) is -3.97. The van der Waals surface area contributed by atoms with Crippen molar-refractivity contribution < 1.29 is 45.9 Å². The van der Waals surface area contributed by atoms with Crippen molar-refractivity contribution in [2.24, 2.45) is 0 Å². The van der Waals surface area contributed by atoms with Crippen LogP contribution in [0.3, 0.4) is 0 Å². The Labute approximate surface area is 169 Å². The Hall–Kier alpha value is -1.95. The Morgan fingerprint density at radius 3 is 2.87 bits per heavy atom. The predicted molar refractivity (Wildman–Crippen MR) is 93.3 cm³/mol. The number of fused-ring (bicyclic) bond motifs is 1. The standard InChI is InChI=1S/C17H18F3N2O7P/c18-10-2-1-9(11(19)5-10)3-4-26-30(25)27-8-14-13(29-30)6-15(28-14)22-7-12(20)16(23)21-17(22)24/h1-2,5,7,13-16,23H,3-4,6,8H2,(H,21,24)/t13-,14+,15+,16?,30?/m0/s1. The number of carbonyl (C=O) groups excluding carboxylic acids is 1. The fourth-order valence-electron chi connectivity index (χ4n) is 3.29. The third kappa shape index (κ3) is 4.39. The molecule has 0 bridgehead atoms. The van der Waals surface area contributed by atoms with E-state index in [1.807, 2.05) is 5.32 Å². The Balaban J connectivity index is 1.34. The predicted octanol–water partition coefficient (Wildman–Crippen LogP) is 2.32. The summed E-state index contributed by atoms with van der Waals surface area (Å²) in [6, 6.07) is 2.32. The number of halogens is 3. The summed E-state index contributed by atoms with van der Waals surface area (Å²) in [6.45, 7) is -0.366. The lowest BCUT2D eigenvalue weighted by Crippen LogP contribution is -2.51. The van der Waals surface area contributed by atoms with E-state index in [0.717, 1.165) is 23.2 Å². The number of rotatable bonds is 5. The SMILES string of the molecule is O=C1NC(O)C(F)=CN1[C@H]1C[C@@H]2OP(=O)(OCCc3ccc(F)cc3F)OC[C@H]2O1. The molecule has 0 spiro atoms. The summed E-state index contributed by atoms with van der Waals surface area (Å²) in [5, 5.41) is 11.3. The highest BCUT2D eigenvalue weighted by Crippen LogP contribution is 2.56. The number of carbonyl (C=O) groups is 1. The zero-order valence-corrected chi connectivity index (χ0v) is 16.3. The van der Waals surface area contributed by atoms with E-state index in [0.29, 0.717) is 0 Å². The second-order valence-corrected chi connectivity index (χ2v) is 8.47. The molecule has 4 rings (SSSR count).